The molecule has 2 nitrogen and oxygen atoms in total. The van der Waals surface area contributed by atoms with Gasteiger partial charge < -0.3 is 0 Å². The lowest BCUT2D eigenvalue weighted by Gasteiger charge is -2.25. The van der Waals surface area contributed by atoms with Gasteiger partial charge in [0.25, 0.3) is 0 Å². The first-order valence-corrected chi connectivity index (χ1v) is 13.7. The zero-order chi connectivity index (χ0) is 27.1. The van der Waals surface area contributed by atoms with E-state index in [0.717, 1.165) is 45.5 Å². The highest BCUT2D eigenvalue weighted by Gasteiger charge is 2.22. The molecule has 0 spiro atoms. The molecular formula is C34H31BrFNO. The van der Waals surface area contributed by atoms with Gasteiger partial charge in [0.2, 0.25) is 5.78 Å². The average molecular weight is 569 g/mol. The average Bonchev–Trinajstić information content (AvgIpc) is 3.08. The van der Waals surface area contributed by atoms with Crippen LogP contribution in [0.2, 0.25) is 0 Å². The van der Waals surface area contributed by atoms with Crippen LogP contribution in [0.1, 0.15) is 65.6 Å². The lowest BCUT2D eigenvalue weighted by atomic mass is 9.81. The number of carbonyl (C=O) groups excluding carboxylic acids is 1. The van der Waals surface area contributed by atoms with Gasteiger partial charge in [0.1, 0.15) is 11.5 Å². The van der Waals surface area contributed by atoms with Gasteiger partial charge >= 0.3 is 0 Å². The Balaban J connectivity index is 1.48. The molecule has 38 heavy (non-hydrogen) atoms. The van der Waals surface area contributed by atoms with Gasteiger partial charge in [-0.1, -0.05) is 90.3 Å². The summed E-state index contributed by atoms with van der Waals surface area (Å²) in [5, 5.41) is 8.66. The highest BCUT2D eigenvalue weighted by molar-refractivity contribution is 9.11. The Hall–Kier alpha value is -3.55. The lowest BCUT2D eigenvalue weighted by molar-refractivity contribution is 0.106. The summed E-state index contributed by atoms with van der Waals surface area (Å²) < 4.78 is 16.1. The number of hydrogen-bond donors (Lipinski definition) is 1. The van der Waals surface area contributed by atoms with Crippen molar-refractivity contribution in [2.24, 2.45) is 5.92 Å². The van der Waals surface area contributed by atoms with E-state index in [1.54, 1.807) is 18.2 Å². The highest BCUT2D eigenvalue weighted by atomic mass is 79.9. The second kappa shape index (κ2) is 12.8. The molecule has 0 aromatic heterocycles. The van der Waals surface area contributed by atoms with Crippen LogP contribution in [0.25, 0.3) is 5.57 Å². The topological polar surface area (TPSA) is 40.9 Å². The molecule has 0 atom stereocenters. The minimum atomic E-state index is -0.639. The summed E-state index contributed by atoms with van der Waals surface area (Å²) in [4.78, 5) is 13.2. The fraction of sp³-hybridized carbons (Fsp3) is 0.235. The lowest BCUT2D eigenvalue weighted by Crippen LogP contribution is -2.18. The van der Waals surface area contributed by atoms with Crippen molar-refractivity contribution < 1.29 is 9.18 Å². The fourth-order valence-corrected chi connectivity index (χ4v) is 5.03. The van der Waals surface area contributed by atoms with Crippen LogP contribution in [0.5, 0.6) is 0 Å². The van der Waals surface area contributed by atoms with E-state index >= 15 is 4.39 Å². The van der Waals surface area contributed by atoms with Crippen LogP contribution in [-0.4, -0.2) is 11.5 Å². The summed E-state index contributed by atoms with van der Waals surface area (Å²) in [5.74, 6) is -0.535. The maximum Gasteiger partial charge on any atom is 0.214 e. The molecule has 0 saturated heterocycles. The van der Waals surface area contributed by atoms with E-state index < -0.39 is 11.6 Å². The maximum absolute atomic E-state index is 15.2. The summed E-state index contributed by atoms with van der Waals surface area (Å²) in [7, 11) is 0. The van der Waals surface area contributed by atoms with Gasteiger partial charge in [0, 0.05) is 15.6 Å². The molecule has 0 bridgehead atoms. The minimum Gasteiger partial charge on any atom is -0.296 e. The predicted molar refractivity (Wildman–Crippen MR) is 158 cm³/mol. The Morgan fingerprint density at radius 3 is 2.61 bits per heavy atom. The first kappa shape index (κ1) is 27.5. The normalized spacial score (nSPS) is 14.6. The van der Waals surface area contributed by atoms with Crippen molar-refractivity contribution in [2.45, 2.75) is 44.9 Å². The monoisotopic (exact) mass is 567 g/mol. The molecule has 1 N–H and O–H groups in total. The van der Waals surface area contributed by atoms with Crippen molar-refractivity contribution in [3.8, 4) is 0 Å². The van der Waals surface area contributed by atoms with Crippen LogP contribution in [0.15, 0.2) is 107 Å². The molecular weight excluding hydrogens is 537 g/mol. The van der Waals surface area contributed by atoms with Crippen LogP contribution in [0.3, 0.4) is 0 Å². The van der Waals surface area contributed by atoms with Crippen LogP contribution >= 0.6 is 15.9 Å². The van der Waals surface area contributed by atoms with Gasteiger partial charge in [-0.15, -0.1) is 11.5 Å². The molecule has 0 heterocycles. The summed E-state index contributed by atoms with van der Waals surface area (Å²) in [6.07, 6.45) is 14.5. The molecule has 0 aliphatic heterocycles. The van der Waals surface area contributed by atoms with E-state index in [1.807, 2.05) is 36.4 Å². The SMILES string of the molecule is C=C=C(CCC1CCC1)c1ccc(C(=O)C(=N)c2ccccc2CC(=C)CC2=CC=C(Br)C=C=C2)c(F)c1. The van der Waals surface area contributed by atoms with Crippen LogP contribution in [0, 0.1) is 17.1 Å². The number of benzene rings is 2. The van der Waals surface area contributed by atoms with Crippen molar-refractivity contribution in [2.75, 3.05) is 0 Å². The number of allylic oxidation sites excluding steroid dienone is 7. The molecule has 2 aliphatic carbocycles. The standard InChI is InChI=1S/C34H31BrFNO/c1-3-26(16-14-24-8-6-9-24)27-17-19-31(32(36)22-27)34(38)33(37)30-13-5-4-11-28(30)21-23(2)20-25-10-7-12-29(35)18-15-25/h4-5,10-13,15,17-19,22,24,37H,1-2,6,8-9,14,16,20-21H2. The predicted octanol–water partition coefficient (Wildman–Crippen LogP) is 9.24. The number of halogens is 2. The zero-order valence-electron chi connectivity index (χ0n) is 21.5. The molecule has 2 aromatic rings. The van der Waals surface area contributed by atoms with Crippen LogP contribution < -0.4 is 0 Å². The molecule has 192 valence electrons. The Kier molecular flexibility index (Phi) is 9.26. The van der Waals surface area contributed by atoms with E-state index in [-0.39, 0.29) is 11.3 Å². The molecule has 1 fully saturated rings. The Labute approximate surface area is 233 Å². The van der Waals surface area contributed by atoms with Gasteiger partial charge in [-0.3, -0.25) is 10.2 Å². The van der Waals surface area contributed by atoms with Gasteiger partial charge in [-0.2, -0.15) is 0 Å². The van der Waals surface area contributed by atoms with E-state index in [4.69, 9.17) is 5.41 Å². The quantitative estimate of drug-likeness (QED) is 0.125. The number of rotatable bonds is 11. The first-order valence-electron chi connectivity index (χ1n) is 12.9. The minimum absolute atomic E-state index is 0.104. The van der Waals surface area contributed by atoms with Gasteiger partial charge in [0.15, 0.2) is 0 Å². The molecule has 4 heteroatoms. The molecule has 2 aromatic carbocycles. The third kappa shape index (κ3) is 6.85. The summed E-state index contributed by atoms with van der Waals surface area (Å²) >= 11 is 3.45. The largest absolute Gasteiger partial charge is 0.296 e. The van der Waals surface area contributed by atoms with Gasteiger partial charge in [-0.25, -0.2) is 4.39 Å². The maximum atomic E-state index is 15.2. The first-order chi connectivity index (χ1) is 18.4. The Morgan fingerprint density at radius 2 is 1.89 bits per heavy atom. The van der Waals surface area contributed by atoms with E-state index in [0.29, 0.717) is 24.0 Å². The fourth-order valence-electron chi connectivity index (χ4n) is 4.77. The van der Waals surface area contributed by atoms with Crippen molar-refractivity contribution in [3.05, 3.63) is 135 Å². The Bertz CT molecular complexity index is 1460. The molecule has 2 aliphatic rings. The van der Waals surface area contributed by atoms with Gasteiger partial charge in [-0.05, 0) is 78.7 Å². The number of nitrogens with one attached hydrogen (secondary N) is 1. The molecule has 0 radical (unpaired) electrons. The summed E-state index contributed by atoms with van der Waals surface area (Å²) in [6, 6.07) is 11.9. The summed E-state index contributed by atoms with van der Waals surface area (Å²) in [6.45, 7) is 8.00. The molecule has 4 rings (SSSR count). The second-order valence-corrected chi connectivity index (χ2v) is 10.8. The molecule has 0 amide bonds. The number of Topliss-reactive ketones (excluding diaryl/α,β-unsaturated/α-hetero) is 1. The number of carbonyl (C=O) groups is 1. The molecule has 0 unspecified atom stereocenters. The van der Waals surface area contributed by atoms with Gasteiger partial charge in [0.05, 0.1) is 5.56 Å². The third-order valence-corrected chi connectivity index (χ3v) is 7.65. The summed E-state index contributed by atoms with van der Waals surface area (Å²) in [5.41, 5.74) is 10.6. The molecule has 1 saturated carbocycles. The van der Waals surface area contributed by atoms with Crippen molar-refractivity contribution in [1.82, 2.24) is 0 Å². The zero-order valence-corrected chi connectivity index (χ0v) is 23.0. The smallest absolute Gasteiger partial charge is 0.214 e. The second-order valence-electron chi connectivity index (χ2n) is 9.90. The van der Waals surface area contributed by atoms with Crippen molar-refractivity contribution in [3.63, 3.8) is 0 Å². The number of hydrogen-bond acceptors (Lipinski definition) is 2. The van der Waals surface area contributed by atoms with E-state index in [2.05, 4.69) is 40.6 Å². The van der Waals surface area contributed by atoms with E-state index in [1.165, 1.54) is 31.4 Å². The van der Waals surface area contributed by atoms with Crippen molar-refractivity contribution in [1.29, 1.82) is 5.41 Å². The number of ketones is 1. The highest BCUT2D eigenvalue weighted by Crippen LogP contribution is 2.33. The van der Waals surface area contributed by atoms with Crippen molar-refractivity contribution >= 4 is 33.0 Å². The third-order valence-electron chi connectivity index (χ3n) is 7.16. The Morgan fingerprint density at radius 1 is 1.11 bits per heavy atom. The van der Waals surface area contributed by atoms with Crippen LogP contribution in [-0.2, 0) is 6.42 Å². The van der Waals surface area contributed by atoms with E-state index in [9.17, 15) is 4.79 Å². The van der Waals surface area contributed by atoms with Crippen LogP contribution in [0.4, 0.5) is 4.39 Å².